The van der Waals surface area contributed by atoms with Gasteiger partial charge in [0.1, 0.15) is 0 Å². The Hall–Kier alpha value is -1.18. The third kappa shape index (κ3) is 1.52. The lowest BCUT2D eigenvalue weighted by Gasteiger charge is -2.16. The first-order valence-corrected chi connectivity index (χ1v) is 4.35. The molecule has 1 atom stereocenters. The summed E-state index contributed by atoms with van der Waals surface area (Å²) in [6, 6.07) is 4.20. The molecule has 0 radical (unpaired) electrons. The molecule has 0 amide bonds. The fourth-order valence-corrected chi connectivity index (χ4v) is 1.58. The van der Waals surface area contributed by atoms with Crippen molar-refractivity contribution < 1.29 is 0 Å². The number of rotatable bonds is 1. The van der Waals surface area contributed by atoms with Gasteiger partial charge in [-0.3, -0.25) is 9.98 Å². The molecule has 1 aliphatic heterocycles. The standard InChI is InChI=1S/C10H12N2/c1-5-11-6-2-9(1)10-3-7-12-8-4-10/h1-2,5-7,10H,3-4,8H2. The van der Waals surface area contributed by atoms with Gasteiger partial charge < -0.3 is 0 Å². The van der Waals surface area contributed by atoms with E-state index < -0.39 is 0 Å². The summed E-state index contributed by atoms with van der Waals surface area (Å²) in [5.74, 6) is 0.672. The highest BCUT2D eigenvalue weighted by Gasteiger charge is 2.11. The van der Waals surface area contributed by atoms with Crippen LogP contribution in [0.4, 0.5) is 0 Å². The van der Waals surface area contributed by atoms with Crippen molar-refractivity contribution in [2.45, 2.75) is 18.8 Å². The third-order valence-corrected chi connectivity index (χ3v) is 2.30. The highest BCUT2D eigenvalue weighted by Crippen LogP contribution is 2.23. The van der Waals surface area contributed by atoms with E-state index in [0.29, 0.717) is 5.92 Å². The van der Waals surface area contributed by atoms with Crippen LogP contribution in [-0.4, -0.2) is 17.7 Å². The minimum atomic E-state index is 0.672. The molecule has 1 aliphatic rings. The van der Waals surface area contributed by atoms with Crippen LogP contribution < -0.4 is 0 Å². The molecule has 2 heteroatoms. The first-order valence-electron chi connectivity index (χ1n) is 4.35. The quantitative estimate of drug-likeness (QED) is 0.617. The second kappa shape index (κ2) is 3.48. The zero-order valence-corrected chi connectivity index (χ0v) is 6.98. The molecule has 1 aromatic heterocycles. The predicted molar refractivity (Wildman–Crippen MR) is 49.6 cm³/mol. The van der Waals surface area contributed by atoms with Crippen molar-refractivity contribution in [3.8, 4) is 0 Å². The molecule has 62 valence electrons. The van der Waals surface area contributed by atoms with Crippen molar-refractivity contribution in [3.05, 3.63) is 30.1 Å². The van der Waals surface area contributed by atoms with Crippen LogP contribution in [0, 0.1) is 0 Å². The molecule has 0 aromatic carbocycles. The van der Waals surface area contributed by atoms with E-state index in [0.717, 1.165) is 13.0 Å². The predicted octanol–water partition coefficient (Wildman–Crippen LogP) is 2.03. The van der Waals surface area contributed by atoms with E-state index in [1.165, 1.54) is 12.0 Å². The van der Waals surface area contributed by atoms with Crippen LogP contribution in [0.25, 0.3) is 0 Å². The summed E-state index contributed by atoms with van der Waals surface area (Å²) >= 11 is 0. The summed E-state index contributed by atoms with van der Waals surface area (Å²) in [7, 11) is 0. The maximum absolute atomic E-state index is 4.21. The average molecular weight is 160 g/mol. The van der Waals surface area contributed by atoms with Gasteiger partial charge in [0.15, 0.2) is 0 Å². The molecule has 0 bridgehead atoms. The van der Waals surface area contributed by atoms with Gasteiger partial charge in [0.2, 0.25) is 0 Å². The van der Waals surface area contributed by atoms with Crippen molar-refractivity contribution in [3.63, 3.8) is 0 Å². The lowest BCUT2D eigenvalue weighted by atomic mass is 9.92. The number of aliphatic imine (C=N–C) groups is 1. The first kappa shape index (κ1) is 7.47. The van der Waals surface area contributed by atoms with Gasteiger partial charge in [0.25, 0.3) is 0 Å². The molecule has 1 unspecified atom stereocenters. The largest absolute Gasteiger partial charge is 0.297 e. The van der Waals surface area contributed by atoms with Gasteiger partial charge >= 0.3 is 0 Å². The van der Waals surface area contributed by atoms with E-state index in [2.05, 4.69) is 22.1 Å². The highest BCUT2D eigenvalue weighted by atomic mass is 14.7. The molecule has 0 saturated carbocycles. The molecule has 0 N–H and O–H groups in total. The Morgan fingerprint density at radius 3 is 2.75 bits per heavy atom. The van der Waals surface area contributed by atoms with Crippen molar-refractivity contribution in [2.24, 2.45) is 4.99 Å². The van der Waals surface area contributed by atoms with E-state index in [4.69, 9.17) is 0 Å². The topological polar surface area (TPSA) is 25.2 Å². The third-order valence-electron chi connectivity index (χ3n) is 2.30. The summed E-state index contributed by atoms with van der Waals surface area (Å²) < 4.78 is 0. The van der Waals surface area contributed by atoms with E-state index >= 15 is 0 Å². The minimum absolute atomic E-state index is 0.672. The molecule has 0 aliphatic carbocycles. The monoisotopic (exact) mass is 160 g/mol. The highest BCUT2D eigenvalue weighted by molar-refractivity contribution is 5.59. The number of hydrogen-bond donors (Lipinski definition) is 0. The Kier molecular flexibility index (Phi) is 2.16. The molecule has 0 saturated heterocycles. The molecule has 0 spiro atoms. The van der Waals surface area contributed by atoms with Crippen molar-refractivity contribution in [1.29, 1.82) is 0 Å². The smallest absolute Gasteiger partial charge is 0.0391 e. The van der Waals surface area contributed by atoms with Gasteiger partial charge in [0.05, 0.1) is 0 Å². The summed E-state index contributed by atoms with van der Waals surface area (Å²) in [5, 5.41) is 0. The van der Waals surface area contributed by atoms with Crippen LogP contribution in [0.1, 0.15) is 24.3 Å². The molecule has 2 rings (SSSR count). The van der Waals surface area contributed by atoms with Gasteiger partial charge in [-0.25, -0.2) is 0 Å². The molecule has 2 nitrogen and oxygen atoms in total. The van der Waals surface area contributed by atoms with Crippen LogP contribution >= 0.6 is 0 Å². The van der Waals surface area contributed by atoms with E-state index in [-0.39, 0.29) is 0 Å². The van der Waals surface area contributed by atoms with Crippen molar-refractivity contribution in [2.75, 3.05) is 6.54 Å². The van der Waals surface area contributed by atoms with E-state index in [9.17, 15) is 0 Å². The maximum Gasteiger partial charge on any atom is 0.0391 e. The molecular weight excluding hydrogens is 148 g/mol. The first-order chi connectivity index (χ1) is 5.97. The van der Waals surface area contributed by atoms with Gasteiger partial charge in [-0.15, -0.1) is 0 Å². The van der Waals surface area contributed by atoms with Gasteiger partial charge in [0, 0.05) is 18.9 Å². The Morgan fingerprint density at radius 1 is 1.25 bits per heavy atom. The minimum Gasteiger partial charge on any atom is -0.297 e. The summed E-state index contributed by atoms with van der Waals surface area (Å²) in [6.45, 7) is 0.979. The van der Waals surface area contributed by atoms with Gasteiger partial charge in [-0.1, -0.05) is 0 Å². The molecule has 12 heavy (non-hydrogen) atoms. The average Bonchev–Trinajstić information content (AvgIpc) is 2.21. The second-order valence-electron chi connectivity index (χ2n) is 3.09. The van der Waals surface area contributed by atoms with Crippen LogP contribution in [-0.2, 0) is 0 Å². The Morgan fingerprint density at radius 2 is 2.08 bits per heavy atom. The Bertz CT molecular complexity index is 266. The van der Waals surface area contributed by atoms with Crippen LogP contribution in [0.5, 0.6) is 0 Å². The van der Waals surface area contributed by atoms with Crippen LogP contribution in [0.2, 0.25) is 0 Å². The summed E-state index contributed by atoms with van der Waals surface area (Å²) in [4.78, 5) is 8.22. The lowest BCUT2D eigenvalue weighted by molar-refractivity contribution is 0.637. The van der Waals surface area contributed by atoms with Crippen LogP contribution in [0.15, 0.2) is 29.5 Å². The SMILES string of the molecule is C1=NCCC(c2ccncc2)C1. The van der Waals surface area contributed by atoms with Crippen molar-refractivity contribution in [1.82, 2.24) is 4.98 Å². The maximum atomic E-state index is 4.21. The second-order valence-corrected chi connectivity index (χ2v) is 3.09. The molecule has 1 aromatic rings. The number of hydrogen-bond acceptors (Lipinski definition) is 2. The normalized spacial score (nSPS) is 22.5. The lowest BCUT2D eigenvalue weighted by Crippen LogP contribution is -2.06. The fraction of sp³-hybridized carbons (Fsp3) is 0.400. The van der Waals surface area contributed by atoms with E-state index in [1.54, 1.807) is 0 Å². The number of pyridine rings is 1. The van der Waals surface area contributed by atoms with Crippen LogP contribution in [0.3, 0.4) is 0 Å². The van der Waals surface area contributed by atoms with Gasteiger partial charge in [-0.05, 0) is 42.7 Å². The zero-order valence-electron chi connectivity index (χ0n) is 6.98. The number of aromatic nitrogens is 1. The fourth-order valence-electron chi connectivity index (χ4n) is 1.58. The Balaban J connectivity index is 2.15. The summed E-state index contributed by atoms with van der Waals surface area (Å²) in [6.07, 6.45) is 8.03. The molecule has 2 heterocycles. The van der Waals surface area contributed by atoms with Crippen molar-refractivity contribution >= 4 is 6.21 Å². The number of nitrogens with zero attached hydrogens (tertiary/aromatic N) is 2. The molecule has 0 fully saturated rings. The zero-order chi connectivity index (χ0) is 8.23. The Labute approximate surface area is 72.4 Å². The van der Waals surface area contributed by atoms with E-state index in [1.807, 2.05) is 18.6 Å². The summed E-state index contributed by atoms with van der Waals surface area (Å²) in [5.41, 5.74) is 1.40. The molecular formula is C10H12N2. The van der Waals surface area contributed by atoms with Gasteiger partial charge in [-0.2, -0.15) is 0 Å².